The van der Waals surface area contributed by atoms with Gasteiger partial charge in [-0.25, -0.2) is 0 Å². The molecule has 1 aliphatic rings. The summed E-state index contributed by atoms with van der Waals surface area (Å²) >= 11 is 11.5. The molecule has 1 saturated carbocycles. The first-order valence-electron chi connectivity index (χ1n) is 4.74. The Balaban J connectivity index is 2.36. The largest absolute Gasteiger partial charge is 0.127 e. The molecular weight excluding hydrogens is 191 g/mol. The van der Waals surface area contributed by atoms with Crippen molar-refractivity contribution >= 4 is 23.2 Å². The van der Waals surface area contributed by atoms with E-state index in [9.17, 15) is 0 Å². The van der Waals surface area contributed by atoms with Crippen LogP contribution in [-0.4, -0.2) is 11.8 Å². The van der Waals surface area contributed by atoms with E-state index >= 15 is 0 Å². The molecule has 1 rings (SSSR count). The van der Waals surface area contributed by atoms with Gasteiger partial charge in [-0.3, -0.25) is 0 Å². The van der Waals surface area contributed by atoms with E-state index in [1.54, 1.807) is 0 Å². The third-order valence-electron chi connectivity index (χ3n) is 3.59. The van der Waals surface area contributed by atoms with Crippen molar-refractivity contribution in [1.82, 2.24) is 0 Å². The molecule has 72 valence electrons. The van der Waals surface area contributed by atoms with Gasteiger partial charge in [0.15, 0.2) is 0 Å². The molecule has 1 fully saturated rings. The van der Waals surface area contributed by atoms with Gasteiger partial charge in [0, 0.05) is 11.8 Å². The Morgan fingerprint density at radius 2 is 1.50 bits per heavy atom. The lowest BCUT2D eigenvalue weighted by molar-refractivity contribution is -0.0232. The monoisotopic (exact) mass is 208 g/mol. The summed E-state index contributed by atoms with van der Waals surface area (Å²) < 4.78 is 0. The van der Waals surface area contributed by atoms with Crippen molar-refractivity contribution in [3.05, 3.63) is 0 Å². The van der Waals surface area contributed by atoms with E-state index < -0.39 is 0 Å². The maximum Gasteiger partial charge on any atom is 0.0226 e. The highest BCUT2D eigenvalue weighted by atomic mass is 35.5. The van der Waals surface area contributed by atoms with Crippen LogP contribution in [-0.2, 0) is 0 Å². The van der Waals surface area contributed by atoms with Crippen LogP contribution in [0.5, 0.6) is 0 Å². The molecule has 0 spiro atoms. The van der Waals surface area contributed by atoms with Crippen LogP contribution in [0, 0.1) is 17.3 Å². The number of rotatable bonds is 4. The van der Waals surface area contributed by atoms with E-state index in [2.05, 4.69) is 13.8 Å². The molecule has 0 aromatic carbocycles. The van der Waals surface area contributed by atoms with E-state index in [0.717, 1.165) is 23.6 Å². The molecule has 0 bridgehead atoms. The van der Waals surface area contributed by atoms with Crippen molar-refractivity contribution in [3.63, 3.8) is 0 Å². The van der Waals surface area contributed by atoms with Gasteiger partial charge in [-0.2, -0.15) is 0 Å². The third kappa shape index (κ3) is 1.90. The Morgan fingerprint density at radius 3 is 1.75 bits per heavy atom. The second-order valence-electron chi connectivity index (χ2n) is 4.41. The maximum absolute atomic E-state index is 5.74. The molecule has 0 radical (unpaired) electrons. The fourth-order valence-electron chi connectivity index (χ4n) is 2.37. The molecule has 0 aromatic rings. The van der Waals surface area contributed by atoms with Crippen LogP contribution >= 0.6 is 23.2 Å². The van der Waals surface area contributed by atoms with Crippen molar-refractivity contribution in [2.45, 2.75) is 33.1 Å². The van der Waals surface area contributed by atoms with Gasteiger partial charge < -0.3 is 0 Å². The van der Waals surface area contributed by atoms with Crippen LogP contribution in [0.25, 0.3) is 0 Å². The van der Waals surface area contributed by atoms with Crippen molar-refractivity contribution < 1.29 is 0 Å². The highest BCUT2D eigenvalue weighted by Gasteiger charge is 2.46. The molecule has 2 heteroatoms. The van der Waals surface area contributed by atoms with Crippen LogP contribution in [0.2, 0.25) is 0 Å². The minimum absolute atomic E-state index is 0.490. The Morgan fingerprint density at radius 1 is 1.08 bits per heavy atom. The van der Waals surface area contributed by atoms with Crippen LogP contribution in [0.4, 0.5) is 0 Å². The molecule has 0 amide bonds. The summed E-state index contributed by atoms with van der Waals surface area (Å²) in [6.07, 6.45) is 3.69. The number of halogens is 2. The predicted molar refractivity (Wildman–Crippen MR) is 56.1 cm³/mol. The summed E-state index contributed by atoms with van der Waals surface area (Å²) in [5.41, 5.74) is 0.490. The van der Waals surface area contributed by atoms with Crippen molar-refractivity contribution in [3.8, 4) is 0 Å². The van der Waals surface area contributed by atoms with E-state index in [1.165, 1.54) is 19.3 Å². The van der Waals surface area contributed by atoms with Crippen molar-refractivity contribution in [2.75, 3.05) is 11.8 Å². The fraction of sp³-hybridized carbons (Fsp3) is 1.00. The second kappa shape index (κ2) is 4.19. The molecule has 0 heterocycles. The SMILES string of the molecule is CC1(C)[C@H](CCCl)C[C@@H]1CCCl. The Hall–Kier alpha value is 0.580. The molecule has 0 unspecified atom stereocenters. The van der Waals surface area contributed by atoms with Crippen LogP contribution in [0.1, 0.15) is 33.1 Å². The first kappa shape index (κ1) is 10.7. The quantitative estimate of drug-likeness (QED) is 0.616. The van der Waals surface area contributed by atoms with Gasteiger partial charge >= 0.3 is 0 Å². The van der Waals surface area contributed by atoms with Crippen LogP contribution < -0.4 is 0 Å². The molecule has 0 aliphatic heterocycles. The molecular formula is C10H18Cl2. The zero-order valence-corrected chi connectivity index (χ0v) is 9.46. The minimum atomic E-state index is 0.490. The molecule has 2 atom stereocenters. The molecule has 0 saturated heterocycles. The van der Waals surface area contributed by atoms with Crippen LogP contribution in [0.15, 0.2) is 0 Å². The summed E-state index contributed by atoms with van der Waals surface area (Å²) in [5.74, 6) is 3.29. The number of hydrogen-bond acceptors (Lipinski definition) is 0. The van der Waals surface area contributed by atoms with E-state index in [4.69, 9.17) is 23.2 Å². The van der Waals surface area contributed by atoms with E-state index in [-0.39, 0.29) is 0 Å². The van der Waals surface area contributed by atoms with Crippen LogP contribution in [0.3, 0.4) is 0 Å². The maximum atomic E-state index is 5.74. The number of hydrogen-bond donors (Lipinski definition) is 0. The average Bonchev–Trinajstić information content (AvgIpc) is 2.03. The minimum Gasteiger partial charge on any atom is -0.127 e. The second-order valence-corrected chi connectivity index (χ2v) is 5.16. The molecule has 0 nitrogen and oxygen atoms in total. The Kier molecular flexibility index (Phi) is 3.73. The Labute approximate surface area is 85.6 Å². The Bertz CT molecular complexity index is 129. The van der Waals surface area contributed by atoms with Gasteiger partial charge in [0.05, 0.1) is 0 Å². The van der Waals surface area contributed by atoms with Crippen molar-refractivity contribution in [1.29, 1.82) is 0 Å². The average molecular weight is 209 g/mol. The van der Waals surface area contributed by atoms with Gasteiger partial charge in [0.2, 0.25) is 0 Å². The standard InChI is InChI=1S/C10H18Cl2/c1-10(2)8(3-5-11)7-9(10)4-6-12/h8-9H,3-7H2,1-2H3/t8-,9+. The highest BCUT2D eigenvalue weighted by molar-refractivity contribution is 6.18. The first-order valence-corrected chi connectivity index (χ1v) is 5.81. The van der Waals surface area contributed by atoms with E-state index in [0.29, 0.717) is 5.41 Å². The summed E-state index contributed by atoms with van der Waals surface area (Å²) in [6.45, 7) is 4.70. The van der Waals surface area contributed by atoms with Gasteiger partial charge in [0.25, 0.3) is 0 Å². The topological polar surface area (TPSA) is 0 Å². The van der Waals surface area contributed by atoms with Gasteiger partial charge in [0.1, 0.15) is 0 Å². The number of alkyl halides is 2. The zero-order chi connectivity index (χ0) is 9.19. The smallest absolute Gasteiger partial charge is 0.0226 e. The van der Waals surface area contributed by atoms with Crippen molar-refractivity contribution in [2.24, 2.45) is 17.3 Å². The molecule has 1 aliphatic carbocycles. The fourth-order valence-corrected chi connectivity index (χ4v) is 2.89. The van der Waals surface area contributed by atoms with Gasteiger partial charge in [-0.15, -0.1) is 23.2 Å². The lowest BCUT2D eigenvalue weighted by Crippen LogP contribution is -2.45. The summed E-state index contributed by atoms with van der Waals surface area (Å²) in [7, 11) is 0. The predicted octanol–water partition coefficient (Wildman–Crippen LogP) is 3.91. The lowest BCUT2D eigenvalue weighted by Gasteiger charge is -2.52. The van der Waals surface area contributed by atoms with Gasteiger partial charge in [-0.05, 0) is 36.5 Å². The first-order chi connectivity index (χ1) is 5.62. The van der Waals surface area contributed by atoms with E-state index in [1.807, 2.05) is 0 Å². The van der Waals surface area contributed by atoms with Gasteiger partial charge in [-0.1, -0.05) is 13.8 Å². The molecule has 0 N–H and O–H groups in total. The summed E-state index contributed by atoms with van der Waals surface area (Å²) in [6, 6.07) is 0. The zero-order valence-electron chi connectivity index (χ0n) is 7.95. The third-order valence-corrected chi connectivity index (χ3v) is 4.03. The molecule has 0 aromatic heterocycles. The highest BCUT2D eigenvalue weighted by Crippen LogP contribution is 2.54. The summed E-state index contributed by atoms with van der Waals surface area (Å²) in [4.78, 5) is 0. The lowest BCUT2D eigenvalue weighted by atomic mass is 9.53. The summed E-state index contributed by atoms with van der Waals surface area (Å²) in [5, 5.41) is 0. The molecule has 12 heavy (non-hydrogen) atoms. The normalized spacial score (nSPS) is 33.0.